The summed E-state index contributed by atoms with van der Waals surface area (Å²) in [6.45, 7) is 2.05. The van der Waals surface area contributed by atoms with E-state index in [9.17, 15) is 8.42 Å². The zero-order chi connectivity index (χ0) is 24.4. The van der Waals surface area contributed by atoms with E-state index in [1.54, 1.807) is 18.2 Å². The molecule has 6 nitrogen and oxygen atoms in total. The molecule has 0 fully saturated rings. The first-order chi connectivity index (χ1) is 16.9. The van der Waals surface area contributed by atoms with Gasteiger partial charge in [-0.25, -0.2) is 18.4 Å². The highest BCUT2D eigenvalue weighted by Gasteiger charge is 2.19. The third kappa shape index (κ3) is 5.18. The first-order valence-corrected chi connectivity index (χ1v) is 13.1. The molecule has 1 aromatic heterocycles. The second-order valence-corrected chi connectivity index (χ2v) is 10.6. The van der Waals surface area contributed by atoms with Gasteiger partial charge in [-0.3, -0.25) is 4.72 Å². The molecule has 5 rings (SSSR count). The highest BCUT2D eigenvalue weighted by atomic mass is 79.9. The Morgan fingerprint density at radius 3 is 2.06 bits per heavy atom. The van der Waals surface area contributed by atoms with Crippen LogP contribution in [-0.4, -0.2) is 18.4 Å². The molecule has 0 bridgehead atoms. The van der Waals surface area contributed by atoms with Gasteiger partial charge in [0.05, 0.1) is 15.9 Å². The van der Waals surface area contributed by atoms with Crippen molar-refractivity contribution in [2.75, 3.05) is 10.0 Å². The maximum absolute atomic E-state index is 13.1. The van der Waals surface area contributed by atoms with Crippen molar-refractivity contribution in [1.29, 1.82) is 0 Å². The molecule has 0 aliphatic carbocycles. The molecule has 0 saturated carbocycles. The Kier molecular flexibility index (Phi) is 6.23. The van der Waals surface area contributed by atoms with Crippen LogP contribution in [0.4, 0.5) is 17.3 Å². The van der Waals surface area contributed by atoms with Crippen molar-refractivity contribution >= 4 is 54.3 Å². The van der Waals surface area contributed by atoms with E-state index in [1.807, 2.05) is 42.5 Å². The van der Waals surface area contributed by atoms with Crippen LogP contribution in [0.1, 0.15) is 5.56 Å². The highest BCUT2D eigenvalue weighted by molar-refractivity contribution is 9.10. The molecule has 0 radical (unpaired) electrons. The van der Waals surface area contributed by atoms with Gasteiger partial charge >= 0.3 is 0 Å². The summed E-state index contributed by atoms with van der Waals surface area (Å²) < 4.78 is 29.6. The van der Waals surface area contributed by atoms with Crippen molar-refractivity contribution in [3.8, 4) is 11.1 Å². The Labute approximate surface area is 212 Å². The molecule has 0 spiro atoms. The molecule has 35 heavy (non-hydrogen) atoms. The smallest absolute Gasteiger partial charge is 0.263 e. The fraction of sp³-hybridized carbons (Fsp3) is 0.0370. The quantitative estimate of drug-likeness (QED) is 0.242. The highest BCUT2D eigenvalue weighted by Crippen LogP contribution is 2.29. The SMILES string of the molecule is Cc1ccc(-c2cccc(Nc3nc4ccccc4nc3NS(=O)(=O)c3ccc(Br)cc3)c2)cc1. The number of hydrogen-bond acceptors (Lipinski definition) is 5. The van der Waals surface area contributed by atoms with Crippen molar-refractivity contribution in [2.45, 2.75) is 11.8 Å². The van der Waals surface area contributed by atoms with Crippen molar-refractivity contribution in [1.82, 2.24) is 9.97 Å². The summed E-state index contributed by atoms with van der Waals surface area (Å²) in [5.41, 5.74) is 5.30. The lowest BCUT2D eigenvalue weighted by molar-refractivity contribution is 0.601. The molecule has 0 amide bonds. The molecule has 2 N–H and O–H groups in total. The largest absolute Gasteiger partial charge is 0.337 e. The Balaban J connectivity index is 1.53. The number of sulfonamides is 1. The Morgan fingerprint density at radius 1 is 0.714 bits per heavy atom. The van der Waals surface area contributed by atoms with Crippen molar-refractivity contribution in [2.24, 2.45) is 0 Å². The fourth-order valence-corrected chi connectivity index (χ4v) is 4.89. The number of nitrogens with zero attached hydrogens (tertiary/aromatic N) is 2. The second kappa shape index (κ2) is 9.48. The van der Waals surface area contributed by atoms with E-state index in [-0.39, 0.29) is 10.7 Å². The molecule has 0 aliphatic rings. The number of nitrogens with one attached hydrogen (secondary N) is 2. The molecule has 1 heterocycles. The zero-order valence-electron chi connectivity index (χ0n) is 18.7. The minimum absolute atomic E-state index is 0.118. The number of aryl methyl sites for hydroxylation is 1. The number of para-hydroxylation sites is 2. The second-order valence-electron chi connectivity index (χ2n) is 8.04. The Bertz CT molecular complexity index is 1620. The van der Waals surface area contributed by atoms with Crippen LogP contribution in [0.2, 0.25) is 0 Å². The van der Waals surface area contributed by atoms with E-state index >= 15 is 0 Å². The van der Waals surface area contributed by atoms with Crippen LogP contribution in [0.3, 0.4) is 0 Å². The molecule has 8 heteroatoms. The van der Waals surface area contributed by atoms with Gasteiger partial charge in [0.2, 0.25) is 0 Å². The van der Waals surface area contributed by atoms with Crippen LogP contribution in [0, 0.1) is 6.92 Å². The fourth-order valence-electron chi connectivity index (χ4n) is 3.62. The topological polar surface area (TPSA) is 84.0 Å². The van der Waals surface area contributed by atoms with Gasteiger partial charge < -0.3 is 5.32 Å². The molecular weight excluding hydrogens is 524 g/mol. The first-order valence-electron chi connectivity index (χ1n) is 10.9. The van der Waals surface area contributed by atoms with Crippen molar-refractivity contribution in [3.05, 3.63) is 107 Å². The van der Waals surface area contributed by atoms with Crippen LogP contribution in [0.5, 0.6) is 0 Å². The number of rotatable bonds is 6. The van der Waals surface area contributed by atoms with Gasteiger partial charge in [-0.05, 0) is 66.6 Å². The Hall–Kier alpha value is -3.75. The predicted molar refractivity (Wildman–Crippen MR) is 144 cm³/mol. The van der Waals surface area contributed by atoms with Gasteiger partial charge in [0, 0.05) is 10.2 Å². The number of anilines is 3. The lowest BCUT2D eigenvalue weighted by Gasteiger charge is -2.14. The minimum atomic E-state index is -3.88. The molecule has 0 saturated heterocycles. The monoisotopic (exact) mass is 544 g/mol. The number of halogens is 1. The van der Waals surface area contributed by atoms with Crippen LogP contribution < -0.4 is 10.0 Å². The van der Waals surface area contributed by atoms with Gasteiger partial charge in [-0.2, -0.15) is 0 Å². The first kappa shape index (κ1) is 23.0. The van der Waals surface area contributed by atoms with E-state index in [2.05, 4.69) is 67.1 Å². The summed E-state index contributed by atoms with van der Waals surface area (Å²) in [5, 5.41) is 3.26. The molecular formula is C27H21BrN4O2S. The number of hydrogen-bond donors (Lipinski definition) is 2. The summed E-state index contributed by atoms with van der Waals surface area (Å²) in [7, 11) is -3.88. The van der Waals surface area contributed by atoms with Gasteiger partial charge in [0.15, 0.2) is 11.6 Å². The maximum atomic E-state index is 13.1. The molecule has 4 aromatic carbocycles. The predicted octanol–water partition coefficient (Wildman–Crippen LogP) is 6.91. The number of benzene rings is 4. The van der Waals surface area contributed by atoms with Crippen molar-refractivity contribution < 1.29 is 8.42 Å². The normalized spacial score (nSPS) is 11.4. The number of fused-ring (bicyclic) bond motifs is 1. The van der Waals surface area contributed by atoms with Crippen LogP contribution in [0.25, 0.3) is 22.2 Å². The van der Waals surface area contributed by atoms with Crippen molar-refractivity contribution in [3.63, 3.8) is 0 Å². The summed E-state index contributed by atoms with van der Waals surface area (Å²) in [6, 6.07) is 29.9. The minimum Gasteiger partial charge on any atom is -0.337 e. The summed E-state index contributed by atoms with van der Waals surface area (Å²) in [6.07, 6.45) is 0. The number of aromatic nitrogens is 2. The zero-order valence-corrected chi connectivity index (χ0v) is 21.1. The molecule has 5 aromatic rings. The van der Waals surface area contributed by atoms with Crippen LogP contribution >= 0.6 is 15.9 Å². The van der Waals surface area contributed by atoms with E-state index in [0.29, 0.717) is 16.9 Å². The maximum Gasteiger partial charge on any atom is 0.263 e. The summed E-state index contributed by atoms with van der Waals surface area (Å²) in [5.74, 6) is 0.429. The third-order valence-electron chi connectivity index (χ3n) is 5.44. The average Bonchev–Trinajstić information content (AvgIpc) is 2.85. The lowest BCUT2D eigenvalue weighted by atomic mass is 10.0. The summed E-state index contributed by atoms with van der Waals surface area (Å²) >= 11 is 3.33. The van der Waals surface area contributed by atoms with Gasteiger partial charge in [0.25, 0.3) is 10.0 Å². The van der Waals surface area contributed by atoms with E-state index in [0.717, 1.165) is 21.3 Å². The molecule has 174 valence electrons. The van der Waals surface area contributed by atoms with Gasteiger partial charge in [-0.1, -0.05) is 70.0 Å². The molecule has 0 aliphatic heterocycles. The molecule has 0 unspecified atom stereocenters. The van der Waals surface area contributed by atoms with E-state index in [4.69, 9.17) is 0 Å². The standard InChI is InChI=1S/C27H21BrN4O2S/c1-18-9-11-19(12-10-18)20-5-4-6-22(17-20)29-26-27(31-25-8-3-2-7-24(25)30-26)32-35(33,34)23-15-13-21(28)14-16-23/h2-17H,1H3,(H,29,30)(H,31,32). The Morgan fingerprint density at radius 2 is 1.37 bits per heavy atom. The van der Waals surface area contributed by atoms with E-state index in [1.165, 1.54) is 17.7 Å². The van der Waals surface area contributed by atoms with E-state index < -0.39 is 10.0 Å². The lowest BCUT2D eigenvalue weighted by Crippen LogP contribution is -2.16. The van der Waals surface area contributed by atoms with Gasteiger partial charge in [-0.15, -0.1) is 0 Å². The van der Waals surface area contributed by atoms with Crippen LogP contribution in [-0.2, 0) is 10.0 Å². The molecule has 0 atom stereocenters. The average molecular weight is 545 g/mol. The van der Waals surface area contributed by atoms with Crippen LogP contribution in [0.15, 0.2) is 106 Å². The van der Waals surface area contributed by atoms with Gasteiger partial charge in [0.1, 0.15) is 0 Å². The third-order valence-corrected chi connectivity index (χ3v) is 7.32. The summed E-state index contributed by atoms with van der Waals surface area (Å²) in [4.78, 5) is 9.36.